The molecule has 4 aromatic rings. The third-order valence-corrected chi connectivity index (χ3v) is 25.3. The lowest BCUT2D eigenvalue weighted by Crippen LogP contribution is -2.46. The average molecular weight is 1310 g/mol. The number of Topliss-reactive ketones (excluding diaryl/α,β-unsaturated/α-hetero) is 2. The van der Waals surface area contributed by atoms with Crippen molar-refractivity contribution in [1.82, 2.24) is 38.3 Å². The number of aromatic nitrogens is 4. The second-order valence-corrected chi connectivity index (χ2v) is 33.2. The van der Waals surface area contributed by atoms with Gasteiger partial charge in [-0.15, -0.1) is 0 Å². The molecule has 2 saturated heterocycles. The number of ketones is 2. The van der Waals surface area contributed by atoms with E-state index in [0.29, 0.717) is 55.9 Å². The van der Waals surface area contributed by atoms with Crippen molar-refractivity contribution in [3.8, 4) is 6.01 Å². The largest absolute Gasteiger partial charge is 0.459 e. The Morgan fingerprint density at radius 2 is 1.07 bits per heavy atom. The number of imidazole rings is 2. The smallest absolute Gasteiger partial charge is 0.297 e. The van der Waals surface area contributed by atoms with Crippen LogP contribution in [0.3, 0.4) is 0 Å². The molecule has 2 aromatic heterocycles. The topological polar surface area (TPSA) is 266 Å². The van der Waals surface area contributed by atoms with Crippen LogP contribution in [0.2, 0.25) is 5.28 Å². The first-order chi connectivity index (χ1) is 43.0. The summed E-state index contributed by atoms with van der Waals surface area (Å²) in [5.41, 5.74) is 1.57. The summed E-state index contributed by atoms with van der Waals surface area (Å²) in [5, 5.41) is 10.8. The highest BCUT2D eigenvalue weighted by Gasteiger charge is 2.64. The highest BCUT2D eigenvalue weighted by molar-refractivity contribution is 7.92. The fraction of sp³-hybridized carbons (Fsp3) is 0.647. The number of hydrogen-bond donors (Lipinski definition) is 3. The summed E-state index contributed by atoms with van der Waals surface area (Å²) < 4.78 is 64.7. The molecule has 12 rings (SSSR count). The van der Waals surface area contributed by atoms with Crippen molar-refractivity contribution in [3.63, 3.8) is 0 Å². The van der Waals surface area contributed by atoms with E-state index in [2.05, 4.69) is 48.2 Å². The number of benzene rings is 2. The van der Waals surface area contributed by atoms with Gasteiger partial charge in [0.2, 0.25) is 49.0 Å². The molecule has 4 saturated carbocycles. The Balaban J connectivity index is 0.000000172. The van der Waals surface area contributed by atoms with Gasteiger partial charge in [-0.1, -0.05) is 88.1 Å². The molecule has 6 heterocycles. The van der Waals surface area contributed by atoms with Crippen LogP contribution in [0.5, 0.6) is 6.01 Å². The first-order valence-electron chi connectivity index (χ1n) is 33.1. The highest BCUT2D eigenvalue weighted by atomic mass is 35.5. The lowest BCUT2D eigenvalue weighted by Gasteiger charge is -2.28. The Hall–Kier alpha value is -5.97. The SMILES string of the molecule is CC(C)n1c(Cl)nc2ccccc21.CC(C)n1c(O[C@@H]2C[C@H]3C(=O)C[C@]4(C(=O)NS(=O)(=O)C5(C)CC5)C[C@H]4/C=C\CCCCC[C@H](C)C(=O)N3C2)nc2ccccc21.C[C@H]1CCCCC/C=C\[C@@H]2C[C@@]2(C(=O)NS(=O)(=O)C2(C)CC2)CC(=O)[C@@H]2C[C@@H](O)CN2C1=O. The minimum atomic E-state index is -3.86. The van der Waals surface area contributed by atoms with Crippen molar-refractivity contribution in [1.29, 1.82) is 0 Å². The molecule has 23 heteroatoms. The van der Waals surface area contributed by atoms with Gasteiger partial charge in [0, 0.05) is 56.1 Å². The van der Waals surface area contributed by atoms with Crippen LogP contribution in [0.4, 0.5) is 0 Å². The van der Waals surface area contributed by atoms with Crippen molar-refractivity contribution < 1.29 is 55.4 Å². The predicted molar refractivity (Wildman–Crippen MR) is 348 cm³/mol. The summed E-state index contributed by atoms with van der Waals surface area (Å²) in [6, 6.07) is 15.1. The van der Waals surface area contributed by atoms with E-state index in [-0.39, 0.29) is 91.9 Å². The quantitative estimate of drug-likeness (QED) is 0.125. The van der Waals surface area contributed by atoms with Gasteiger partial charge in [0.05, 0.1) is 67.1 Å². The summed E-state index contributed by atoms with van der Waals surface area (Å²) in [7, 11) is -7.67. The van der Waals surface area contributed by atoms with Crippen LogP contribution < -0.4 is 14.2 Å². The van der Waals surface area contributed by atoms with Crippen molar-refractivity contribution in [2.45, 2.75) is 230 Å². The predicted octanol–water partition coefficient (Wildman–Crippen LogP) is 10.4. The summed E-state index contributed by atoms with van der Waals surface area (Å²) in [6.45, 7) is 15.7. The number of aliphatic hydroxyl groups excluding tert-OH is 1. The lowest BCUT2D eigenvalue weighted by atomic mass is 9.91. The molecule has 4 aliphatic heterocycles. The molecule has 6 fully saturated rings. The number of aliphatic hydroxyl groups is 1. The van der Waals surface area contributed by atoms with Crippen LogP contribution in [-0.4, -0.2) is 133 Å². The Labute approximate surface area is 541 Å². The zero-order valence-electron chi connectivity index (χ0n) is 54.1. The van der Waals surface area contributed by atoms with E-state index in [9.17, 15) is 50.7 Å². The number of halogens is 1. The number of ether oxygens (including phenoxy) is 1. The molecule has 10 atom stereocenters. The minimum Gasteiger partial charge on any atom is -0.459 e. The first-order valence-corrected chi connectivity index (χ1v) is 36.5. The van der Waals surface area contributed by atoms with Crippen LogP contribution in [-0.2, 0) is 48.8 Å². The maximum atomic E-state index is 14.2. The number of sulfonamides is 2. The van der Waals surface area contributed by atoms with Crippen LogP contribution in [0, 0.1) is 34.5 Å². The number of amides is 4. The van der Waals surface area contributed by atoms with E-state index in [4.69, 9.17) is 21.3 Å². The van der Waals surface area contributed by atoms with Crippen molar-refractivity contribution >= 4 is 88.9 Å². The summed E-state index contributed by atoms with van der Waals surface area (Å²) in [4.78, 5) is 93.6. The molecular weight excluding hydrogens is 1220 g/mol. The van der Waals surface area contributed by atoms with E-state index >= 15 is 0 Å². The monoisotopic (exact) mass is 1310 g/mol. The molecule has 8 aliphatic rings. The number of hydrogen-bond acceptors (Lipinski definition) is 14. The average Bonchev–Trinajstić information content (AvgIpc) is 1.57. The van der Waals surface area contributed by atoms with Crippen molar-refractivity contribution in [2.75, 3.05) is 13.1 Å². The second-order valence-electron chi connectivity index (χ2n) is 28.5. The normalized spacial score (nSPS) is 30.7. The minimum absolute atomic E-state index is 0.0787. The van der Waals surface area contributed by atoms with Gasteiger partial charge in [0.25, 0.3) is 6.01 Å². The molecule has 0 bridgehead atoms. The summed E-state index contributed by atoms with van der Waals surface area (Å²) in [6.07, 6.45) is 18.7. The van der Waals surface area contributed by atoms with Gasteiger partial charge in [0.15, 0.2) is 11.6 Å². The van der Waals surface area contributed by atoms with E-state index < -0.39 is 76.5 Å². The van der Waals surface area contributed by atoms with Crippen molar-refractivity contribution in [2.24, 2.45) is 34.5 Å². The summed E-state index contributed by atoms with van der Waals surface area (Å²) in [5.74, 6) is -2.86. The maximum absolute atomic E-state index is 14.2. The van der Waals surface area contributed by atoms with Crippen LogP contribution >= 0.6 is 11.6 Å². The van der Waals surface area contributed by atoms with E-state index in [1.165, 1.54) is 4.90 Å². The second kappa shape index (κ2) is 26.8. The van der Waals surface area contributed by atoms with Gasteiger partial charge in [-0.3, -0.25) is 42.8 Å². The lowest BCUT2D eigenvalue weighted by molar-refractivity contribution is -0.142. The molecule has 2 aromatic carbocycles. The zero-order chi connectivity index (χ0) is 65.6. The van der Waals surface area contributed by atoms with Crippen molar-refractivity contribution in [3.05, 3.63) is 78.1 Å². The molecule has 91 heavy (non-hydrogen) atoms. The van der Waals surface area contributed by atoms with Gasteiger partial charge in [0.1, 0.15) is 6.10 Å². The number of para-hydroxylation sites is 4. The van der Waals surface area contributed by atoms with Gasteiger partial charge < -0.3 is 24.2 Å². The molecule has 4 aliphatic carbocycles. The Bertz CT molecular complexity index is 3720. The number of allylic oxidation sites excluding steroid dienone is 4. The zero-order valence-corrected chi connectivity index (χ0v) is 56.5. The molecule has 0 unspecified atom stereocenters. The molecule has 496 valence electrons. The maximum Gasteiger partial charge on any atom is 0.297 e. The van der Waals surface area contributed by atoms with Crippen LogP contribution in [0.25, 0.3) is 22.1 Å². The van der Waals surface area contributed by atoms with Crippen LogP contribution in [0.1, 0.15) is 196 Å². The summed E-state index contributed by atoms with van der Waals surface area (Å²) >= 11 is 6.01. The molecule has 0 spiro atoms. The Kier molecular flexibility index (Phi) is 20.0. The fourth-order valence-electron chi connectivity index (χ4n) is 13.9. The number of carbonyl (C=O) groups is 6. The standard InChI is InChI=1S/C34H46N4O6S.C24H36N2O6S.C10H11ClN2/c1-22(2)38-27-15-11-10-14-26(27)35-32(38)44-25-18-28-29(39)20-34(31(41)36-45(42,43)33(4)16-17-33)19-24(34)13-9-7-5-6-8-12-23(3)30(40)37(28)21-25;1-16-8-6-4-3-5-7-9-17-13-24(17,22(30)25-33(31,32)23(2)10-11-23)14-20(28)19-12-18(27)15-26(19)21(16)29;1-7(2)13-9-6-4-3-5-8(9)12-10(13)11/h9-11,13-15,22-25,28H,5-8,12,16-21H2,1-4H3,(H,36,41);7,9,16-19,27H,3-6,8,10-15H2,1-2H3,(H,25,30);3-7H,1-2H3/b13-9-;9-7-;/t23-,24+,25+,28-,34+;16-,17+,18+,19-,24+;/m00./s1. The van der Waals surface area contributed by atoms with Gasteiger partial charge in [-0.25, -0.2) is 21.8 Å². The Morgan fingerprint density at radius 1 is 0.626 bits per heavy atom. The number of nitrogens with zero attached hydrogens (tertiary/aromatic N) is 6. The fourth-order valence-corrected chi connectivity index (χ4v) is 16.9. The van der Waals surface area contributed by atoms with E-state index in [1.807, 2.05) is 89.7 Å². The molecular formula is C68H93ClN8O12S2. The molecule has 4 amide bonds. The first kappa shape index (κ1) is 67.9. The molecule has 20 nitrogen and oxygen atoms in total. The number of carbonyl (C=O) groups excluding carboxylic acids is 6. The number of rotatable bonds is 10. The molecule has 0 radical (unpaired) electrons. The van der Waals surface area contributed by atoms with Crippen LogP contribution in [0.15, 0.2) is 72.8 Å². The number of nitrogens with one attached hydrogen (secondary N) is 2. The number of fused-ring (bicyclic) bond motifs is 6. The van der Waals surface area contributed by atoms with Gasteiger partial charge >= 0.3 is 0 Å². The Morgan fingerprint density at radius 3 is 1.54 bits per heavy atom. The van der Waals surface area contributed by atoms with E-state index in [1.54, 1.807) is 18.7 Å². The van der Waals surface area contributed by atoms with Gasteiger partial charge in [-0.05, 0) is 166 Å². The third kappa shape index (κ3) is 14.4. The van der Waals surface area contributed by atoms with Gasteiger partial charge in [-0.2, -0.15) is 4.98 Å². The third-order valence-electron chi connectivity index (χ3n) is 20.7. The van der Waals surface area contributed by atoms with E-state index in [0.717, 1.165) is 86.3 Å². The molecule has 3 N–H and O–H groups in total. The highest BCUT2D eigenvalue weighted by Crippen LogP contribution is 2.59.